The van der Waals surface area contributed by atoms with Gasteiger partial charge in [-0.3, -0.25) is 9.59 Å². The highest BCUT2D eigenvalue weighted by molar-refractivity contribution is 6.43. The number of carbonyl (C=O) groups is 2. The largest absolute Gasteiger partial charge is 0.508 e. The Kier molecular flexibility index (Phi) is 5.57. The molecule has 2 aromatic carbocycles. The van der Waals surface area contributed by atoms with Crippen molar-refractivity contribution < 1.29 is 19.4 Å². The molecule has 23 heavy (non-hydrogen) atoms. The van der Waals surface area contributed by atoms with E-state index < -0.39 is 11.8 Å². The summed E-state index contributed by atoms with van der Waals surface area (Å²) < 4.78 is 5.52. The Hall–Kier alpha value is -3.02. The van der Waals surface area contributed by atoms with Crippen LogP contribution < -0.4 is 15.4 Å². The van der Waals surface area contributed by atoms with Gasteiger partial charge in [0.05, 0.1) is 12.3 Å². The number of nitrogens with one attached hydrogen (secondary N) is 2. The van der Waals surface area contributed by atoms with Gasteiger partial charge < -0.3 is 20.5 Å². The molecule has 2 rings (SSSR count). The van der Waals surface area contributed by atoms with E-state index in [9.17, 15) is 14.7 Å². The van der Waals surface area contributed by atoms with Gasteiger partial charge in [-0.15, -0.1) is 0 Å². The van der Waals surface area contributed by atoms with Gasteiger partial charge in [-0.1, -0.05) is 19.1 Å². The first kappa shape index (κ1) is 16.4. The van der Waals surface area contributed by atoms with Crippen LogP contribution in [0.2, 0.25) is 0 Å². The van der Waals surface area contributed by atoms with Crippen molar-refractivity contribution in [2.45, 2.75) is 13.3 Å². The number of para-hydroxylation sites is 2. The van der Waals surface area contributed by atoms with Crippen molar-refractivity contribution in [3.63, 3.8) is 0 Å². The number of amides is 2. The fourth-order valence-corrected chi connectivity index (χ4v) is 1.82. The quantitative estimate of drug-likeness (QED) is 0.585. The van der Waals surface area contributed by atoms with Crippen LogP contribution in [0, 0.1) is 0 Å². The van der Waals surface area contributed by atoms with Crippen molar-refractivity contribution in [2.75, 3.05) is 17.2 Å². The highest BCUT2D eigenvalue weighted by Gasteiger charge is 2.16. The van der Waals surface area contributed by atoms with Gasteiger partial charge in [0.15, 0.2) is 0 Å². The van der Waals surface area contributed by atoms with Gasteiger partial charge in [0.1, 0.15) is 11.5 Å². The van der Waals surface area contributed by atoms with E-state index in [2.05, 4.69) is 10.6 Å². The number of benzene rings is 2. The van der Waals surface area contributed by atoms with E-state index >= 15 is 0 Å². The molecule has 0 fully saturated rings. The number of hydrogen-bond donors (Lipinski definition) is 3. The second kappa shape index (κ2) is 7.84. The SMILES string of the molecule is CCCOc1ccccc1NC(=O)C(=O)Nc1ccc(O)cc1. The molecule has 0 spiro atoms. The van der Waals surface area contributed by atoms with E-state index in [0.29, 0.717) is 23.7 Å². The molecule has 0 heterocycles. The maximum absolute atomic E-state index is 12.0. The molecule has 6 nitrogen and oxygen atoms in total. The van der Waals surface area contributed by atoms with E-state index in [1.165, 1.54) is 24.3 Å². The first-order valence-corrected chi connectivity index (χ1v) is 7.23. The summed E-state index contributed by atoms with van der Waals surface area (Å²) in [6, 6.07) is 12.8. The lowest BCUT2D eigenvalue weighted by atomic mass is 10.2. The fraction of sp³-hybridized carbons (Fsp3) is 0.176. The lowest BCUT2D eigenvalue weighted by molar-refractivity contribution is -0.133. The van der Waals surface area contributed by atoms with Gasteiger partial charge >= 0.3 is 11.8 Å². The van der Waals surface area contributed by atoms with Crippen molar-refractivity contribution in [1.82, 2.24) is 0 Å². The van der Waals surface area contributed by atoms with Crippen LogP contribution in [-0.2, 0) is 9.59 Å². The minimum atomic E-state index is -0.805. The van der Waals surface area contributed by atoms with Gasteiger partial charge in [0, 0.05) is 5.69 Å². The number of phenols is 1. The van der Waals surface area contributed by atoms with Crippen molar-refractivity contribution >= 4 is 23.2 Å². The van der Waals surface area contributed by atoms with Crippen LogP contribution in [0.25, 0.3) is 0 Å². The zero-order valence-electron chi connectivity index (χ0n) is 12.7. The Morgan fingerprint density at radius 3 is 2.35 bits per heavy atom. The third kappa shape index (κ3) is 4.74. The first-order valence-electron chi connectivity index (χ1n) is 7.23. The molecule has 0 aromatic heterocycles. The molecule has 0 unspecified atom stereocenters. The summed E-state index contributed by atoms with van der Waals surface area (Å²) >= 11 is 0. The first-order chi connectivity index (χ1) is 11.1. The minimum Gasteiger partial charge on any atom is -0.508 e. The van der Waals surface area contributed by atoms with E-state index in [4.69, 9.17) is 4.74 Å². The average Bonchev–Trinajstić information content (AvgIpc) is 2.56. The average molecular weight is 314 g/mol. The lowest BCUT2D eigenvalue weighted by Crippen LogP contribution is -2.29. The zero-order chi connectivity index (χ0) is 16.7. The van der Waals surface area contributed by atoms with E-state index in [1.54, 1.807) is 24.3 Å². The molecular formula is C17H18N2O4. The topological polar surface area (TPSA) is 87.7 Å². The zero-order valence-corrected chi connectivity index (χ0v) is 12.7. The monoisotopic (exact) mass is 314 g/mol. The van der Waals surface area contributed by atoms with Crippen LogP contribution in [0.15, 0.2) is 48.5 Å². The number of ether oxygens (including phenoxy) is 1. The molecule has 0 aliphatic heterocycles. The maximum Gasteiger partial charge on any atom is 0.314 e. The molecule has 0 atom stereocenters. The molecule has 120 valence electrons. The summed E-state index contributed by atoms with van der Waals surface area (Å²) in [5, 5.41) is 14.2. The molecule has 0 saturated carbocycles. The smallest absolute Gasteiger partial charge is 0.314 e. The third-order valence-electron chi connectivity index (χ3n) is 2.93. The number of hydrogen-bond acceptors (Lipinski definition) is 4. The summed E-state index contributed by atoms with van der Waals surface area (Å²) in [6.45, 7) is 2.50. The molecule has 0 radical (unpaired) electrons. The Morgan fingerprint density at radius 2 is 1.65 bits per heavy atom. The number of carbonyl (C=O) groups excluding carboxylic acids is 2. The molecule has 0 aliphatic rings. The second-order valence-corrected chi connectivity index (χ2v) is 4.80. The normalized spacial score (nSPS) is 9.96. The molecule has 3 N–H and O–H groups in total. The van der Waals surface area contributed by atoms with Crippen LogP contribution in [0.5, 0.6) is 11.5 Å². The standard InChI is InChI=1S/C17H18N2O4/c1-2-11-23-15-6-4-3-5-14(15)19-17(22)16(21)18-12-7-9-13(20)10-8-12/h3-10,20H,2,11H2,1H3,(H,18,21)(H,19,22). The molecule has 0 bridgehead atoms. The predicted molar refractivity (Wildman–Crippen MR) is 87.6 cm³/mol. The minimum absolute atomic E-state index is 0.0782. The molecule has 0 saturated heterocycles. The summed E-state index contributed by atoms with van der Waals surface area (Å²) in [7, 11) is 0. The van der Waals surface area contributed by atoms with E-state index in [1.807, 2.05) is 6.92 Å². The fourth-order valence-electron chi connectivity index (χ4n) is 1.82. The molecule has 6 heteroatoms. The maximum atomic E-state index is 12.0. The third-order valence-corrected chi connectivity index (χ3v) is 2.93. The van der Waals surface area contributed by atoms with Crippen LogP contribution >= 0.6 is 0 Å². The van der Waals surface area contributed by atoms with E-state index in [0.717, 1.165) is 6.42 Å². The van der Waals surface area contributed by atoms with Gasteiger partial charge in [0.25, 0.3) is 0 Å². The predicted octanol–water partition coefficient (Wildman–Crippen LogP) is 2.76. The van der Waals surface area contributed by atoms with Crippen molar-refractivity contribution in [3.05, 3.63) is 48.5 Å². The Bertz CT molecular complexity index is 683. The van der Waals surface area contributed by atoms with Crippen LogP contribution in [0.3, 0.4) is 0 Å². The van der Waals surface area contributed by atoms with Crippen molar-refractivity contribution in [2.24, 2.45) is 0 Å². The number of phenolic OH excluding ortho intramolecular Hbond substituents is 1. The highest BCUT2D eigenvalue weighted by atomic mass is 16.5. The van der Waals surface area contributed by atoms with Crippen molar-refractivity contribution in [1.29, 1.82) is 0 Å². The van der Waals surface area contributed by atoms with Crippen LogP contribution in [-0.4, -0.2) is 23.5 Å². The number of anilines is 2. The molecular weight excluding hydrogens is 296 g/mol. The summed E-state index contributed by atoms with van der Waals surface area (Å²) in [4.78, 5) is 23.9. The van der Waals surface area contributed by atoms with Crippen molar-refractivity contribution in [3.8, 4) is 11.5 Å². The molecule has 2 aromatic rings. The Balaban J connectivity index is 2.01. The lowest BCUT2D eigenvalue weighted by Gasteiger charge is -2.11. The summed E-state index contributed by atoms with van der Waals surface area (Å²) in [5.41, 5.74) is 0.852. The Morgan fingerprint density at radius 1 is 1.00 bits per heavy atom. The van der Waals surface area contributed by atoms with E-state index in [-0.39, 0.29) is 5.75 Å². The number of rotatable bonds is 5. The number of aromatic hydroxyl groups is 1. The molecule has 0 aliphatic carbocycles. The van der Waals surface area contributed by atoms with Gasteiger partial charge in [-0.2, -0.15) is 0 Å². The van der Waals surface area contributed by atoms with Crippen LogP contribution in [0.1, 0.15) is 13.3 Å². The van der Waals surface area contributed by atoms with Gasteiger partial charge in [-0.05, 0) is 42.8 Å². The summed E-state index contributed by atoms with van der Waals surface area (Å²) in [6.07, 6.45) is 0.837. The van der Waals surface area contributed by atoms with Gasteiger partial charge in [-0.25, -0.2) is 0 Å². The second-order valence-electron chi connectivity index (χ2n) is 4.80. The highest BCUT2D eigenvalue weighted by Crippen LogP contribution is 2.24. The van der Waals surface area contributed by atoms with Crippen LogP contribution in [0.4, 0.5) is 11.4 Å². The summed E-state index contributed by atoms with van der Waals surface area (Å²) in [5.74, 6) is -1.01. The van der Waals surface area contributed by atoms with Gasteiger partial charge in [0.2, 0.25) is 0 Å². The Labute approximate surface area is 134 Å². The molecule has 2 amide bonds.